The van der Waals surface area contributed by atoms with Crippen molar-refractivity contribution in [3.63, 3.8) is 0 Å². The Morgan fingerprint density at radius 3 is 2.45 bits per heavy atom. The summed E-state index contributed by atoms with van der Waals surface area (Å²) in [6, 6.07) is 18.5. The average Bonchev–Trinajstić information content (AvgIpc) is 2.74. The zero-order chi connectivity index (χ0) is 20.4. The Hall–Kier alpha value is -3.47. The van der Waals surface area contributed by atoms with Crippen LogP contribution < -0.4 is 10.9 Å². The number of carbonyl (C=O) groups is 2. The Kier molecular flexibility index (Phi) is 5.12. The first-order valence-corrected chi connectivity index (χ1v) is 9.76. The molecule has 146 valence electrons. The molecule has 2 aromatic carbocycles. The largest absolute Gasteiger partial charge is 0.348 e. The molecule has 0 unspecified atom stereocenters. The van der Waals surface area contributed by atoms with Crippen molar-refractivity contribution in [1.29, 1.82) is 0 Å². The second kappa shape index (κ2) is 7.87. The molecule has 1 aliphatic rings. The predicted molar refractivity (Wildman–Crippen MR) is 112 cm³/mol. The van der Waals surface area contributed by atoms with Gasteiger partial charge in [0.15, 0.2) is 5.78 Å². The number of Topliss-reactive ketones (excluding diaryl/α,β-unsaturated/α-hetero) is 1. The van der Waals surface area contributed by atoms with Crippen LogP contribution in [0, 0.1) is 6.92 Å². The highest BCUT2D eigenvalue weighted by Crippen LogP contribution is 2.23. The van der Waals surface area contributed by atoms with Crippen LogP contribution in [0.1, 0.15) is 50.4 Å². The van der Waals surface area contributed by atoms with E-state index in [0.717, 1.165) is 11.1 Å². The van der Waals surface area contributed by atoms with Crippen molar-refractivity contribution in [3.8, 4) is 5.69 Å². The molecule has 0 spiro atoms. The summed E-state index contributed by atoms with van der Waals surface area (Å²) in [4.78, 5) is 38.7. The molecular weight excluding hydrogens is 364 g/mol. The molecule has 0 fully saturated rings. The van der Waals surface area contributed by atoms with Crippen LogP contribution >= 0.6 is 0 Å². The fourth-order valence-corrected chi connectivity index (χ4v) is 3.69. The van der Waals surface area contributed by atoms with Gasteiger partial charge >= 0.3 is 0 Å². The fraction of sp³-hybridized carbons (Fsp3) is 0.208. The molecule has 0 saturated heterocycles. The van der Waals surface area contributed by atoms with Gasteiger partial charge in [-0.25, -0.2) is 0 Å². The van der Waals surface area contributed by atoms with Gasteiger partial charge in [0, 0.05) is 29.9 Å². The standard InChI is InChI=1S/C24H22N2O3/c1-16-10-12-18(13-11-16)26-21-8-5-9-22(27)19(21)14-20(24(26)29)23(28)25-15-17-6-3-2-4-7-17/h2-4,6-7,10-14H,5,8-9,15H2,1H3,(H,25,28). The zero-order valence-electron chi connectivity index (χ0n) is 16.3. The summed E-state index contributed by atoms with van der Waals surface area (Å²) in [6.07, 6.45) is 1.77. The molecule has 5 nitrogen and oxygen atoms in total. The number of rotatable bonds is 4. The minimum atomic E-state index is -0.471. The van der Waals surface area contributed by atoms with Crippen LogP contribution in [0.25, 0.3) is 5.69 Å². The Morgan fingerprint density at radius 1 is 1.00 bits per heavy atom. The van der Waals surface area contributed by atoms with Crippen LogP contribution in [-0.2, 0) is 13.0 Å². The van der Waals surface area contributed by atoms with Crippen molar-refractivity contribution in [2.75, 3.05) is 0 Å². The Balaban J connectivity index is 1.78. The lowest BCUT2D eigenvalue weighted by atomic mass is 9.92. The molecule has 1 heterocycles. The van der Waals surface area contributed by atoms with E-state index in [0.29, 0.717) is 42.8 Å². The smallest absolute Gasteiger partial charge is 0.268 e. The Morgan fingerprint density at radius 2 is 1.72 bits per heavy atom. The van der Waals surface area contributed by atoms with E-state index in [1.165, 1.54) is 10.6 Å². The molecule has 0 saturated carbocycles. The third-order valence-corrected chi connectivity index (χ3v) is 5.25. The molecular formula is C24H22N2O3. The number of carbonyl (C=O) groups excluding carboxylic acids is 2. The first-order chi connectivity index (χ1) is 14.0. The molecule has 0 aliphatic heterocycles. The molecule has 0 atom stereocenters. The van der Waals surface area contributed by atoms with Crippen LogP contribution in [0.15, 0.2) is 65.5 Å². The third kappa shape index (κ3) is 3.76. The molecule has 4 rings (SSSR count). The minimum Gasteiger partial charge on any atom is -0.348 e. The molecule has 1 aromatic heterocycles. The summed E-state index contributed by atoms with van der Waals surface area (Å²) < 4.78 is 1.53. The van der Waals surface area contributed by atoms with Crippen LogP contribution in [0.5, 0.6) is 0 Å². The highest BCUT2D eigenvalue weighted by molar-refractivity contribution is 6.01. The fourth-order valence-electron chi connectivity index (χ4n) is 3.69. The molecule has 1 aliphatic carbocycles. The Labute approximate surface area is 169 Å². The van der Waals surface area contributed by atoms with Crippen molar-refractivity contribution in [2.45, 2.75) is 32.7 Å². The maximum absolute atomic E-state index is 13.3. The number of hydrogen-bond donors (Lipinski definition) is 1. The number of aromatic nitrogens is 1. The van der Waals surface area contributed by atoms with Gasteiger partial charge in [-0.15, -0.1) is 0 Å². The number of fused-ring (bicyclic) bond motifs is 1. The van der Waals surface area contributed by atoms with Gasteiger partial charge in [0.1, 0.15) is 5.56 Å². The van der Waals surface area contributed by atoms with E-state index in [2.05, 4.69) is 5.32 Å². The van der Waals surface area contributed by atoms with Gasteiger partial charge in [-0.3, -0.25) is 19.0 Å². The molecule has 1 N–H and O–H groups in total. The summed E-state index contributed by atoms with van der Waals surface area (Å²) in [5.41, 5.74) is 3.45. The SMILES string of the molecule is Cc1ccc(-n2c3c(cc(C(=O)NCc4ccccc4)c2=O)C(=O)CCC3)cc1. The number of nitrogens with one attached hydrogen (secondary N) is 1. The first kappa shape index (κ1) is 18.9. The highest BCUT2D eigenvalue weighted by Gasteiger charge is 2.26. The van der Waals surface area contributed by atoms with Crippen molar-refractivity contribution < 1.29 is 9.59 Å². The summed E-state index contributed by atoms with van der Waals surface area (Å²) in [7, 11) is 0. The molecule has 29 heavy (non-hydrogen) atoms. The van der Waals surface area contributed by atoms with E-state index in [1.54, 1.807) is 0 Å². The van der Waals surface area contributed by atoms with Gasteiger partial charge in [0.05, 0.1) is 0 Å². The van der Waals surface area contributed by atoms with Gasteiger partial charge in [-0.2, -0.15) is 0 Å². The quantitative estimate of drug-likeness (QED) is 0.745. The number of benzene rings is 2. The summed E-state index contributed by atoms with van der Waals surface area (Å²) in [6.45, 7) is 2.29. The number of hydrogen-bond acceptors (Lipinski definition) is 3. The highest BCUT2D eigenvalue weighted by atomic mass is 16.2. The lowest BCUT2D eigenvalue weighted by molar-refractivity contribution is 0.0949. The van der Waals surface area contributed by atoms with E-state index >= 15 is 0 Å². The summed E-state index contributed by atoms with van der Waals surface area (Å²) in [5, 5.41) is 2.80. The van der Waals surface area contributed by atoms with Crippen LogP contribution in [0.4, 0.5) is 0 Å². The minimum absolute atomic E-state index is 0.00416. The van der Waals surface area contributed by atoms with Gasteiger partial charge in [0.2, 0.25) is 0 Å². The van der Waals surface area contributed by atoms with Gasteiger partial charge in [0.25, 0.3) is 11.5 Å². The van der Waals surface area contributed by atoms with Crippen LogP contribution in [0.2, 0.25) is 0 Å². The second-order valence-corrected chi connectivity index (χ2v) is 7.34. The number of amides is 1. The van der Waals surface area contributed by atoms with E-state index < -0.39 is 11.5 Å². The lowest BCUT2D eigenvalue weighted by Gasteiger charge is -2.21. The maximum Gasteiger partial charge on any atom is 0.268 e. The lowest BCUT2D eigenvalue weighted by Crippen LogP contribution is -2.35. The average molecular weight is 386 g/mol. The van der Waals surface area contributed by atoms with E-state index in [1.807, 2.05) is 61.5 Å². The van der Waals surface area contributed by atoms with Crippen LogP contribution in [0.3, 0.4) is 0 Å². The van der Waals surface area contributed by atoms with E-state index in [4.69, 9.17) is 0 Å². The first-order valence-electron chi connectivity index (χ1n) is 9.76. The van der Waals surface area contributed by atoms with Crippen molar-refractivity contribution >= 4 is 11.7 Å². The monoisotopic (exact) mass is 386 g/mol. The molecule has 0 bridgehead atoms. The van der Waals surface area contributed by atoms with Gasteiger partial charge in [-0.05, 0) is 43.5 Å². The molecule has 1 amide bonds. The second-order valence-electron chi connectivity index (χ2n) is 7.34. The van der Waals surface area contributed by atoms with E-state index in [-0.39, 0.29) is 11.3 Å². The van der Waals surface area contributed by atoms with Gasteiger partial charge < -0.3 is 5.32 Å². The van der Waals surface area contributed by atoms with Crippen molar-refractivity contribution in [3.05, 3.63) is 99.0 Å². The number of aryl methyl sites for hydroxylation is 1. The molecule has 3 aromatic rings. The number of ketones is 1. The van der Waals surface area contributed by atoms with Crippen molar-refractivity contribution in [1.82, 2.24) is 9.88 Å². The van der Waals surface area contributed by atoms with Gasteiger partial charge in [-0.1, -0.05) is 48.0 Å². The Bertz CT molecular complexity index is 1130. The molecule has 0 radical (unpaired) electrons. The van der Waals surface area contributed by atoms with E-state index in [9.17, 15) is 14.4 Å². The summed E-state index contributed by atoms with van der Waals surface area (Å²) in [5.74, 6) is -0.495. The number of pyridine rings is 1. The summed E-state index contributed by atoms with van der Waals surface area (Å²) >= 11 is 0. The maximum atomic E-state index is 13.3. The number of nitrogens with zero attached hydrogens (tertiary/aromatic N) is 1. The van der Waals surface area contributed by atoms with Crippen LogP contribution in [-0.4, -0.2) is 16.3 Å². The normalized spacial score (nSPS) is 13.1. The van der Waals surface area contributed by atoms with Crippen molar-refractivity contribution in [2.24, 2.45) is 0 Å². The topological polar surface area (TPSA) is 68.2 Å². The third-order valence-electron chi connectivity index (χ3n) is 5.25. The predicted octanol–water partition coefficient (Wildman–Crippen LogP) is 3.59. The molecule has 5 heteroatoms. The zero-order valence-corrected chi connectivity index (χ0v) is 16.3.